The molecule has 0 atom stereocenters. The minimum absolute atomic E-state index is 0.253. The van der Waals surface area contributed by atoms with E-state index in [9.17, 15) is 0 Å². The number of likely N-dealkylation sites (N-methyl/N-ethyl adjacent to an activating group) is 1. The molecule has 1 aliphatic carbocycles. The van der Waals surface area contributed by atoms with Gasteiger partial charge in [-0.3, -0.25) is 0 Å². The second-order valence-corrected chi connectivity index (χ2v) is 5.02. The summed E-state index contributed by atoms with van der Waals surface area (Å²) in [6, 6.07) is 0. The van der Waals surface area contributed by atoms with Gasteiger partial charge in [0.1, 0.15) is 6.33 Å². The topological polar surface area (TPSA) is 41.0 Å². The zero-order chi connectivity index (χ0) is 10.0. The molecule has 0 spiro atoms. The van der Waals surface area contributed by atoms with E-state index in [1.165, 1.54) is 30.8 Å². The first kappa shape index (κ1) is 9.86. The lowest BCUT2D eigenvalue weighted by Crippen LogP contribution is -2.52. The van der Waals surface area contributed by atoms with Gasteiger partial charge in [0.05, 0.1) is 5.54 Å². The van der Waals surface area contributed by atoms with Crippen LogP contribution in [-0.2, 0) is 0 Å². The van der Waals surface area contributed by atoms with Gasteiger partial charge in [-0.1, -0.05) is 0 Å². The van der Waals surface area contributed by atoms with Crippen LogP contribution in [0.15, 0.2) is 6.33 Å². The predicted octanol–water partition coefficient (Wildman–Crippen LogP) is 1.43. The Morgan fingerprint density at radius 1 is 1.57 bits per heavy atom. The van der Waals surface area contributed by atoms with Gasteiger partial charge in [0, 0.05) is 18.1 Å². The summed E-state index contributed by atoms with van der Waals surface area (Å²) >= 11 is 1.44. The van der Waals surface area contributed by atoms with Crippen LogP contribution in [0.25, 0.3) is 0 Å². The van der Waals surface area contributed by atoms with E-state index < -0.39 is 0 Å². The third kappa shape index (κ3) is 2.04. The van der Waals surface area contributed by atoms with Crippen LogP contribution in [0.1, 0.15) is 19.3 Å². The average Bonchev–Trinajstić information content (AvgIpc) is 2.51. The van der Waals surface area contributed by atoms with Crippen LogP contribution in [0.5, 0.6) is 0 Å². The van der Waals surface area contributed by atoms with Gasteiger partial charge >= 0.3 is 0 Å². The van der Waals surface area contributed by atoms with Crippen LogP contribution in [0.3, 0.4) is 0 Å². The lowest BCUT2D eigenvalue weighted by atomic mass is 9.76. The highest BCUT2D eigenvalue weighted by atomic mass is 32.1. The number of hydrogen-bond donors (Lipinski definition) is 1. The minimum Gasteiger partial charge on any atom is -0.354 e. The van der Waals surface area contributed by atoms with Crippen molar-refractivity contribution in [1.29, 1.82) is 0 Å². The Bertz CT molecular complexity index is 279. The lowest BCUT2D eigenvalue weighted by Gasteiger charge is -2.44. The lowest BCUT2D eigenvalue weighted by molar-refractivity contribution is 0.205. The van der Waals surface area contributed by atoms with Crippen LogP contribution in [-0.4, -0.2) is 40.4 Å². The van der Waals surface area contributed by atoms with Gasteiger partial charge in [0.2, 0.25) is 5.13 Å². The van der Waals surface area contributed by atoms with Gasteiger partial charge in [-0.15, -0.1) is 0 Å². The summed E-state index contributed by atoms with van der Waals surface area (Å²) in [5, 5.41) is 4.46. The Morgan fingerprint density at radius 2 is 2.36 bits per heavy atom. The SMILES string of the molecule is CN(C)CC1(Nc2ncns2)CCC1. The van der Waals surface area contributed by atoms with E-state index >= 15 is 0 Å². The van der Waals surface area contributed by atoms with E-state index in [4.69, 9.17) is 0 Å². The van der Waals surface area contributed by atoms with Crippen LogP contribution in [0, 0.1) is 0 Å². The Morgan fingerprint density at radius 3 is 2.79 bits per heavy atom. The van der Waals surface area contributed by atoms with Crippen molar-refractivity contribution in [2.75, 3.05) is 26.0 Å². The number of nitrogens with zero attached hydrogens (tertiary/aromatic N) is 3. The summed E-state index contributed by atoms with van der Waals surface area (Å²) in [4.78, 5) is 6.40. The molecule has 5 heteroatoms. The fourth-order valence-corrected chi connectivity index (χ4v) is 2.54. The van der Waals surface area contributed by atoms with Crippen molar-refractivity contribution < 1.29 is 0 Å². The van der Waals surface area contributed by atoms with E-state index in [0.717, 1.165) is 11.7 Å². The molecule has 1 saturated carbocycles. The Labute approximate surface area is 88.5 Å². The van der Waals surface area contributed by atoms with Crippen molar-refractivity contribution in [2.24, 2.45) is 0 Å². The molecule has 1 N–H and O–H groups in total. The number of aromatic nitrogens is 2. The summed E-state index contributed by atoms with van der Waals surface area (Å²) in [7, 11) is 4.23. The maximum atomic E-state index is 4.17. The zero-order valence-corrected chi connectivity index (χ0v) is 9.47. The molecule has 78 valence electrons. The highest BCUT2D eigenvalue weighted by Crippen LogP contribution is 2.35. The molecule has 4 nitrogen and oxygen atoms in total. The third-order valence-electron chi connectivity index (χ3n) is 2.66. The first-order valence-corrected chi connectivity index (χ1v) is 5.67. The molecule has 0 amide bonds. The summed E-state index contributed by atoms with van der Waals surface area (Å²) in [5.41, 5.74) is 0.253. The molecule has 14 heavy (non-hydrogen) atoms. The van der Waals surface area contributed by atoms with Gasteiger partial charge in [-0.25, -0.2) is 4.98 Å². The largest absolute Gasteiger partial charge is 0.354 e. The minimum atomic E-state index is 0.253. The van der Waals surface area contributed by atoms with E-state index in [0.29, 0.717) is 0 Å². The van der Waals surface area contributed by atoms with Gasteiger partial charge in [0.15, 0.2) is 0 Å². The van der Waals surface area contributed by atoms with Crippen LogP contribution in [0.2, 0.25) is 0 Å². The standard InChI is InChI=1S/C9H16N4S/c1-13(2)6-9(4-3-5-9)12-8-10-7-11-14-8/h7H,3-6H2,1-2H3,(H,10,11,12). The van der Waals surface area contributed by atoms with Crippen molar-refractivity contribution in [3.63, 3.8) is 0 Å². The molecule has 0 radical (unpaired) electrons. The molecule has 0 bridgehead atoms. The van der Waals surface area contributed by atoms with Gasteiger partial charge in [-0.05, 0) is 33.4 Å². The number of nitrogens with one attached hydrogen (secondary N) is 1. The van der Waals surface area contributed by atoms with Crippen molar-refractivity contribution >= 4 is 16.7 Å². The summed E-state index contributed by atoms with van der Waals surface area (Å²) < 4.78 is 4.00. The van der Waals surface area contributed by atoms with E-state index in [1.807, 2.05) is 0 Å². The average molecular weight is 212 g/mol. The molecule has 1 aromatic heterocycles. The van der Waals surface area contributed by atoms with E-state index in [-0.39, 0.29) is 5.54 Å². The molecule has 2 rings (SSSR count). The van der Waals surface area contributed by atoms with Crippen molar-refractivity contribution in [1.82, 2.24) is 14.3 Å². The molecule has 1 aromatic rings. The summed E-state index contributed by atoms with van der Waals surface area (Å²) in [5.74, 6) is 0. The molecular weight excluding hydrogens is 196 g/mol. The predicted molar refractivity (Wildman–Crippen MR) is 58.7 cm³/mol. The molecule has 0 saturated heterocycles. The molecule has 1 heterocycles. The van der Waals surface area contributed by atoms with Gasteiger partial charge in [-0.2, -0.15) is 4.37 Å². The monoisotopic (exact) mass is 212 g/mol. The van der Waals surface area contributed by atoms with E-state index in [2.05, 4.69) is 33.7 Å². The van der Waals surface area contributed by atoms with Gasteiger partial charge < -0.3 is 10.2 Å². The normalized spacial score (nSPS) is 19.4. The fourth-order valence-electron chi connectivity index (χ4n) is 1.99. The number of hydrogen-bond acceptors (Lipinski definition) is 5. The Kier molecular flexibility index (Phi) is 2.69. The smallest absolute Gasteiger partial charge is 0.202 e. The van der Waals surface area contributed by atoms with Gasteiger partial charge in [0.25, 0.3) is 0 Å². The van der Waals surface area contributed by atoms with E-state index in [1.54, 1.807) is 6.33 Å². The molecule has 0 unspecified atom stereocenters. The molecule has 0 aromatic carbocycles. The second kappa shape index (κ2) is 3.82. The quantitative estimate of drug-likeness (QED) is 0.820. The molecule has 1 aliphatic rings. The van der Waals surface area contributed by atoms with Crippen molar-refractivity contribution in [2.45, 2.75) is 24.8 Å². The fraction of sp³-hybridized carbons (Fsp3) is 0.778. The Hall–Kier alpha value is -0.680. The molecule has 0 aliphatic heterocycles. The first-order chi connectivity index (χ1) is 6.70. The summed E-state index contributed by atoms with van der Waals surface area (Å²) in [6.45, 7) is 1.08. The summed E-state index contributed by atoms with van der Waals surface area (Å²) in [6.07, 6.45) is 5.41. The maximum Gasteiger partial charge on any atom is 0.202 e. The van der Waals surface area contributed by atoms with Crippen LogP contribution in [0.4, 0.5) is 5.13 Å². The number of anilines is 1. The first-order valence-electron chi connectivity index (χ1n) is 4.90. The van der Waals surface area contributed by atoms with Crippen molar-refractivity contribution in [3.8, 4) is 0 Å². The second-order valence-electron chi connectivity index (χ2n) is 4.24. The van der Waals surface area contributed by atoms with Crippen LogP contribution >= 0.6 is 11.5 Å². The highest BCUT2D eigenvalue weighted by molar-refractivity contribution is 7.09. The Balaban J connectivity index is 1.99. The maximum absolute atomic E-state index is 4.17. The zero-order valence-electron chi connectivity index (χ0n) is 8.66. The highest BCUT2D eigenvalue weighted by Gasteiger charge is 2.37. The number of rotatable bonds is 4. The van der Waals surface area contributed by atoms with Crippen molar-refractivity contribution in [3.05, 3.63) is 6.33 Å². The third-order valence-corrected chi connectivity index (χ3v) is 3.24. The van der Waals surface area contributed by atoms with Crippen LogP contribution < -0.4 is 5.32 Å². The molecule has 1 fully saturated rings. The molecular formula is C9H16N4S.